The largest absolute Gasteiger partial charge is 0.479 e. The van der Waals surface area contributed by atoms with Crippen molar-refractivity contribution in [2.24, 2.45) is 7.05 Å². The fraction of sp³-hybridized carbons (Fsp3) is 0.167. The Morgan fingerprint density at radius 2 is 1.83 bits per heavy atom. The van der Waals surface area contributed by atoms with E-state index >= 15 is 0 Å². The summed E-state index contributed by atoms with van der Waals surface area (Å²) < 4.78 is 69.4. The van der Waals surface area contributed by atoms with Crippen LogP contribution in [-0.2, 0) is 18.4 Å². The maximum absolute atomic E-state index is 13.6. The van der Waals surface area contributed by atoms with E-state index in [1.165, 1.54) is 30.1 Å². The number of carbonyl (C=O) groups is 2. The van der Waals surface area contributed by atoms with Gasteiger partial charge in [-0.15, -0.1) is 0 Å². The minimum atomic E-state index is -1.70. The number of benzene rings is 1. The number of furan rings is 1. The van der Waals surface area contributed by atoms with Gasteiger partial charge in [-0.2, -0.15) is 13.9 Å². The number of hydrogen-bond donors (Lipinski definition) is 1. The molecule has 158 valence electrons. The molecule has 0 spiro atoms. The van der Waals surface area contributed by atoms with Gasteiger partial charge in [-0.1, -0.05) is 0 Å². The van der Waals surface area contributed by atoms with Crippen molar-refractivity contribution < 1.29 is 41.0 Å². The second-order valence-electron chi connectivity index (χ2n) is 5.86. The second kappa shape index (κ2) is 8.27. The van der Waals surface area contributed by atoms with Gasteiger partial charge in [-0.05, 0) is 12.1 Å². The van der Waals surface area contributed by atoms with E-state index in [9.17, 15) is 27.2 Å². The maximum atomic E-state index is 13.6. The molecule has 0 unspecified atom stereocenters. The molecule has 3 rings (SSSR count). The number of carbonyl (C=O) groups excluding carboxylic acids is 2. The van der Waals surface area contributed by atoms with E-state index in [0.717, 1.165) is 7.11 Å². The van der Waals surface area contributed by atoms with Crippen LogP contribution in [0.2, 0.25) is 0 Å². The number of ether oxygens (including phenoxy) is 2. The molecule has 0 aliphatic carbocycles. The third-order valence-electron chi connectivity index (χ3n) is 3.77. The van der Waals surface area contributed by atoms with Gasteiger partial charge in [0.25, 0.3) is 5.91 Å². The van der Waals surface area contributed by atoms with Crippen molar-refractivity contribution in [3.8, 4) is 5.75 Å². The van der Waals surface area contributed by atoms with Gasteiger partial charge < -0.3 is 19.2 Å². The zero-order valence-corrected chi connectivity index (χ0v) is 15.5. The van der Waals surface area contributed by atoms with Crippen molar-refractivity contribution in [1.82, 2.24) is 9.78 Å². The van der Waals surface area contributed by atoms with Gasteiger partial charge in [-0.3, -0.25) is 9.48 Å². The monoisotopic (exact) mass is 427 g/mol. The summed E-state index contributed by atoms with van der Waals surface area (Å²) in [7, 11) is 2.68. The van der Waals surface area contributed by atoms with Gasteiger partial charge in [0.05, 0.1) is 12.8 Å². The van der Waals surface area contributed by atoms with Gasteiger partial charge in [0, 0.05) is 19.3 Å². The first-order chi connectivity index (χ1) is 14.2. The number of halogens is 4. The maximum Gasteiger partial charge on any atom is 0.360 e. The number of anilines is 1. The number of amides is 1. The first-order valence-electron chi connectivity index (χ1n) is 8.19. The fourth-order valence-electron chi connectivity index (χ4n) is 2.41. The van der Waals surface area contributed by atoms with Crippen molar-refractivity contribution in [2.45, 2.75) is 6.61 Å². The SMILES string of the molecule is COC(=O)c1nn(C)cc1NC(=O)c1ccc(COc2c(F)c(F)cc(F)c2F)o1. The molecular weight excluding hydrogens is 414 g/mol. The lowest BCUT2D eigenvalue weighted by molar-refractivity contribution is 0.0594. The number of hydrogen-bond acceptors (Lipinski definition) is 6. The lowest BCUT2D eigenvalue weighted by Gasteiger charge is -2.08. The van der Waals surface area contributed by atoms with E-state index < -0.39 is 47.5 Å². The third kappa shape index (κ3) is 4.11. The highest BCUT2D eigenvalue weighted by molar-refractivity contribution is 6.05. The number of nitrogens with one attached hydrogen (secondary N) is 1. The van der Waals surface area contributed by atoms with Crippen LogP contribution in [0.1, 0.15) is 26.8 Å². The van der Waals surface area contributed by atoms with Crippen LogP contribution < -0.4 is 10.1 Å². The summed E-state index contributed by atoms with van der Waals surface area (Å²) in [5.74, 6) is -9.76. The number of esters is 1. The van der Waals surface area contributed by atoms with E-state index in [2.05, 4.69) is 15.2 Å². The minimum Gasteiger partial charge on any atom is -0.479 e. The minimum absolute atomic E-state index is 0.0495. The molecule has 2 aromatic heterocycles. The number of rotatable bonds is 6. The Labute approximate surface area is 166 Å². The van der Waals surface area contributed by atoms with Crippen LogP contribution in [0.4, 0.5) is 23.2 Å². The Morgan fingerprint density at radius 3 is 2.47 bits per heavy atom. The first-order valence-corrected chi connectivity index (χ1v) is 8.19. The van der Waals surface area contributed by atoms with E-state index in [1.807, 2.05) is 0 Å². The molecule has 1 amide bonds. The van der Waals surface area contributed by atoms with E-state index in [-0.39, 0.29) is 29.0 Å². The molecule has 0 bridgehead atoms. The standard InChI is InChI=1S/C18H13F4N3O5/c1-25-6-11(15(24-25)18(27)28-2)23-17(26)12-4-3-8(30-12)7-29-16-13(21)9(19)5-10(20)14(16)22/h3-6H,7H2,1-2H3,(H,23,26). The highest BCUT2D eigenvalue weighted by Crippen LogP contribution is 2.27. The highest BCUT2D eigenvalue weighted by Gasteiger charge is 2.22. The molecule has 0 aliphatic heterocycles. The summed E-state index contributed by atoms with van der Waals surface area (Å²) in [6.07, 6.45) is 1.36. The molecule has 0 aliphatic rings. The Bertz CT molecular complexity index is 1100. The molecule has 3 aromatic rings. The van der Waals surface area contributed by atoms with Crippen molar-refractivity contribution in [3.05, 3.63) is 64.9 Å². The lowest BCUT2D eigenvalue weighted by atomic mass is 10.3. The smallest absolute Gasteiger partial charge is 0.360 e. The van der Waals surface area contributed by atoms with Crippen molar-refractivity contribution in [1.29, 1.82) is 0 Å². The Hall–Kier alpha value is -3.83. The predicted octanol–water partition coefficient (Wildman–Crippen LogP) is 3.19. The van der Waals surface area contributed by atoms with Gasteiger partial charge in [0.15, 0.2) is 28.8 Å². The normalized spacial score (nSPS) is 10.7. The molecule has 12 heteroatoms. The molecule has 0 atom stereocenters. The molecular formula is C18H13F4N3O5. The van der Waals surface area contributed by atoms with Crippen LogP contribution in [0.3, 0.4) is 0 Å². The average Bonchev–Trinajstić information content (AvgIpc) is 3.32. The number of aryl methyl sites for hydroxylation is 1. The average molecular weight is 427 g/mol. The zero-order chi connectivity index (χ0) is 22.0. The lowest BCUT2D eigenvalue weighted by Crippen LogP contribution is -2.14. The van der Waals surface area contributed by atoms with Gasteiger partial charge in [0.2, 0.25) is 11.6 Å². The van der Waals surface area contributed by atoms with Crippen LogP contribution in [0.5, 0.6) is 5.75 Å². The highest BCUT2D eigenvalue weighted by atomic mass is 19.2. The van der Waals surface area contributed by atoms with Crippen LogP contribution in [0.15, 0.2) is 28.8 Å². The molecule has 0 saturated heterocycles. The van der Waals surface area contributed by atoms with E-state index in [0.29, 0.717) is 0 Å². The Morgan fingerprint density at radius 1 is 1.17 bits per heavy atom. The molecule has 0 fully saturated rings. The molecule has 2 heterocycles. The zero-order valence-electron chi connectivity index (χ0n) is 15.5. The second-order valence-corrected chi connectivity index (χ2v) is 5.86. The van der Waals surface area contributed by atoms with Crippen molar-refractivity contribution in [3.63, 3.8) is 0 Å². The van der Waals surface area contributed by atoms with Gasteiger partial charge >= 0.3 is 5.97 Å². The van der Waals surface area contributed by atoms with Crippen LogP contribution in [0.25, 0.3) is 0 Å². The van der Waals surface area contributed by atoms with Crippen molar-refractivity contribution >= 4 is 17.6 Å². The summed E-state index contributed by atoms with van der Waals surface area (Å²) in [5, 5.41) is 6.28. The molecule has 1 N–H and O–H groups in total. The Balaban J connectivity index is 1.72. The molecule has 0 saturated carbocycles. The quantitative estimate of drug-likeness (QED) is 0.369. The van der Waals surface area contributed by atoms with Crippen LogP contribution >= 0.6 is 0 Å². The summed E-state index contributed by atoms with van der Waals surface area (Å²) >= 11 is 0. The summed E-state index contributed by atoms with van der Waals surface area (Å²) in [4.78, 5) is 24.0. The molecule has 8 nitrogen and oxygen atoms in total. The summed E-state index contributed by atoms with van der Waals surface area (Å²) in [5.41, 5.74) is -0.0783. The van der Waals surface area contributed by atoms with Crippen molar-refractivity contribution in [2.75, 3.05) is 12.4 Å². The summed E-state index contributed by atoms with van der Waals surface area (Å²) in [6, 6.07) is 2.53. The fourth-order valence-corrected chi connectivity index (χ4v) is 2.41. The molecule has 0 radical (unpaired) electrons. The number of aromatic nitrogens is 2. The van der Waals surface area contributed by atoms with Gasteiger partial charge in [0.1, 0.15) is 12.4 Å². The third-order valence-corrected chi connectivity index (χ3v) is 3.77. The van der Waals surface area contributed by atoms with Crippen LogP contribution in [0, 0.1) is 23.3 Å². The Kier molecular flexibility index (Phi) is 5.76. The number of methoxy groups -OCH3 is 1. The summed E-state index contributed by atoms with van der Waals surface area (Å²) in [6.45, 7) is -0.621. The first kappa shape index (κ1) is 20.9. The van der Waals surface area contributed by atoms with Crippen LogP contribution in [-0.4, -0.2) is 28.8 Å². The van der Waals surface area contributed by atoms with E-state index in [1.54, 1.807) is 0 Å². The molecule has 1 aromatic carbocycles. The molecule has 30 heavy (non-hydrogen) atoms. The topological polar surface area (TPSA) is 95.6 Å². The number of nitrogens with zero attached hydrogens (tertiary/aromatic N) is 2. The van der Waals surface area contributed by atoms with Gasteiger partial charge in [-0.25, -0.2) is 13.6 Å². The predicted molar refractivity (Wildman–Crippen MR) is 91.8 cm³/mol. The van der Waals surface area contributed by atoms with E-state index in [4.69, 9.17) is 9.15 Å².